The van der Waals surface area contributed by atoms with Crippen LogP contribution in [-0.4, -0.2) is 26.8 Å². The van der Waals surface area contributed by atoms with Crippen molar-refractivity contribution in [3.63, 3.8) is 0 Å². The lowest BCUT2D eigenvalue weighted by Gasteiger charge is -2.09. The smallest absolute Gasteiger partial charge is 0.265 e. The van der Waals surface area contributed by atoms with Crippen LogP contribution in [0.25, 0.3) is 38.4 Å². The molecule has 7 nitrogen and oxygen atoms in total. The van der Waals surface area contributed by atoms with E-state index in [9.17, 15) is 9.59 Å². The average molecular weight is 447 g/mol. The summed E-state index contributed by atoms with van der Waals surface area (Å²) in [5.41, 5.74) is 4.35. The fourth-order valence-electron chi connectivity index (χ4n) is 4.35. The fourth-order valence-corrected chi connectivity index (χ4v) is 4.35. The van der Waals surface area contributed by atoms with Crippen molar-refractivity contribution in [1.82, 2.24) is 14.4 Å². The number of para-hydroxylation sites is 2. The van der Waals surface area contributed by atoms with Gasteiger partial charge >= 0.3 is 0 Å². The Labute approximate surface area is 194 Å². The zero-order valence-electron chi connectivity index (χ0n) is 18.2. The van der Waals surface area contributed by atoms with Gasteiger partial charge in [-0.3, -0.25) is 14.0 Å². The summed E-state index contributed by atoms with van der Waals surface area (Å²) in [4.78, 5) is 33.9. The number of anilines is 2. The van der Waals surface area contributed by atoms with Gasteiger partial charge in [-0.05, 0) is 42.5 Å². The number of carbonyl (C=O) groups is 1. The zero-order valence-corrected chi connectivity index (χ0v) is 18.2. The second kappa shape index (κ2) is 8.04. The largest absolute Gasteiger partial charge is 0.385 e. The molecule has 0 saturated heterocycles. The van der Waals surface area contributed by atoms with Gasteiger partial charge in [0.05, 0.1) is 16.4 Å². The van der Waals surface area contributed by atoms with E-state index in [1.165, 1.54) is 0 Å². The number of carbonyl (C=O) groups excluding carboxylic acids is 1. The summed E-state index contributed by atoms with van der Waals surface area (Å²) >= 11 is 0. The number of aromatic nitrogens is 3. The predicted molar refractivity (Wildman–Crippen MR) is 137 cm³/mol. The van der Waals surface area contributed by atoms with Crippen LogP contribution >= 0.6 is 0 Å². The summed E-state index contributed by atoms with van der Waals surface area (Å²) in [5.74, 6) is -0.128. The Kier molecular flexibility index (Phi) is 4.73. The van der Waals surface area contributed by atoms with Crippen LogP contribution in [0.5, 0.6) is 0 Å². The van der Waals surface area contributed by atoms with Crippen molar-refractivity contribution in [3.05, 3.63) is 95.4 Å². The van der Waals surface area contributed by atoms with Gasteiger partial charge in [-0.1, -0.05) is 36.4 Å². The van der Waals surface area contributed by atoms with Crippen LogP contribution < -0.4 is 16.2 Å². The summed E-state index contributed by atoms with van der Waals surface area (Å²) < 4.78 is 1.55. The fraction of sp³-hybridized carbons (Fsp3) is 0.0741. The third-order valence-corrected chi connectivity index (χ3v) is 6.00. The second-order valence-corrected chi connectivity index (χ2v) is 8.21. The van der Waals surface area contributed by atoms with Crippen molar-refractivity contribution in [3.8, 4) is 0 Å². The molecule has 1 amide bonds. The molecule has 0 fully saturated rings. The number of pyridine rings is 1. The van der Waals surface area contributed by atoms with Gasteiger partial charge in [0.1, 0.15) is 0 Å². The van der Waals surface area contributed by atoms with Crippen LogP contribution in [0.15, 0.2) is 89.9 Å². The zero-order chi connectivity index (χ0) is 23.1. The summed E-state index contributed by atoms with van der Waals surface area (Å²) in [6.45, 7) is 0.513. The van der Waals surface area contributed by atoms with E-state index in [1.54, 1.807) is 28.8 Å². The molecular weight excluding hydrogens is 426 g/mol. The third kappa shape index (κ3) is 3.44. The minimum Gasteiger partial charge on any atom is -0.385 e. The van der Waals surface area contributed by atoms with Gasteiger partial charge in [0.15, 0.2) is 5.65 Å². The highest BCUT2D eigenvalue weighted by atomic mass is 16.1. The molecule has 0 bridgehead atoms. The van der Waals surface area contributed by atoms with Crippen LogP contribution in [0.1, 0.15) is 6.42 Å². The van der Waals surface area contributed by atoms with E-state index < -0.39 is 0 Å². The minimum atomic E-state index is -0.178. The molecule has 3 heterocycles. The molecule has 0 aliphatic heterocycles. The molecule has 34 heavy (non-hydrogen) atoms. The number of hydrogen-bond acceptors (Lipinski definition) is 4. The first-order valence-corrected chi connectivity index (χ1v) is 11.1. The molecule has 166 valence electrons. The van der Waals surface area contributed by atoms with Crippen LogP contribution in [0.2, 0.25) is 0 Å². The lowest BCUT2D eigenvalue weighted by atomic mass is 10.1. The maximum Gasteiger partial charge on any atom is 0.265 e. The van der Waals surface area contributed by atoms with Crippen LogP contribution in [0, 0.1) is 0 Å². The molecule has 7 heteroatoms. The Morgan fingerprint density at radius 2 is 1.71 bits per heavy atom. The van der Waals surface area contributed by atoms with Crippen molar-refractivity contribution in [2.75, 3.05) is 17.2 Å². The highest BCUT2D eigenvalue weighted by molar-refractivity contribution is 6.11. The molecule has 0 spiro atoms. The number of hydrogen-bond donors (Lipinski definition) is 3. The van der Waals surface area contributed by atoms with Gasteiger partial charge in [0.2, 0.25) is 5.91 Å². The predicted octanol–water partition coefficient (Wildman–Crippen LogP) is 4.92. The van der Waals surface area contributed by atoms with E-state index in [1.807, 2.05) is 60.7 Å². The van der Waals surface area contributed by atoms with E-state index in [0.29, 0.717) is 35.2 Å². The van der Waals surface area contributed by atoms with Crippen LogP contribution in [0.4, 0.5) is 11.4 Å². The lowest BCUT2D eigenvalue weighted by molar-refractivity contribution is -0.115. The van der Waals surface area contributed by atoms with E-state index in [0.717, 1.165) is 27.5 Å². The number of nitrogens with zero attached hydrogens (tertiary/aromatic N) is 2. The van der Waals surface area contributed by atoms with Gasteiger partial charge in [0, 0.05) is 46.8 Å². The van der Waals surface area contributed by atoms with Gasteiger partial charge in [-0.25, -0.2) is 4.98 Å². The second-order valence-electron chi connectivity index (χ2n) is 8.21. The van der Waals surface area contributed by atoms with Gasteiger partial charge in [0.25, 0.3) is 5.56 Å². The van der Waals surface area contributed by atoms with Crippen molar-refractivity contribution >= 4 is 55.6 Å². The Bertz CT molecular complexity index is 1750. The first-order chi connectivity index (χ1) is 16.7. The quantitative estimate of drug-likeness (QED) is 0.327. The number of fused-ring (bicyclic) bond motifs is 6. The standard InChI is InChI=1S/C27H21N5O2/c33-24(12-14-28-17-6-2-1-3-7-17)29-18-10-11-23-21(16-18)27(34)32-15-13-20-19-8-4-5-9-22(19)30-25(20)26(32)31-23/h1-11,13,15-16,28,30H,12,14H2,(H,29,33). The first kappa shape index (κ1) is 20.0. The average Bonchev–Trinajstić information content (AvgIpc) is 3.24. The minimum absolute atomic E-state index is 0.128. The van der Waals surface area contributed by atoms with Crippen molar-refractivity contribution in [2.45, 2.75) is 6.42 Å². The Hall–Kier alpha value is -4.65. The molecule has 6 rings (SSSR count). The Morgan fingerprint density at radius 3 is 2.59 bits per heavy atom. The summed E-state index contributed by atoms with van der Waals surface area (Å²) in [7, 11) is 0. The lowest BCUT2D eigenvalue weighted by Crippen LogP contribution is -2.18. The van der Waals surface area contributed by atoms with Crippen LogP contribution in [-0.2, 0) is 4.79 Å². The summed E-state index contributed by atoms with van der Waals surface area (Å²) in [6.07, 6.45) is 2.06. The van der Waals surface area contributed by atoms with Crippen molar-refractivity contribution in [2.24, 2.45) is 0 Å². The normalized spacial score (nSPS) is 11.4. The maximum absolute atomic E-state index is 13.3. The number of benzene rings is 3. The molecule has 3 aromatic carbocycles. The molecule has 0 unspecified atom stereocenters. The van der Waals surface area contributed by atoms with Gasteiger partial charge in [-0.2, -0.15) is 0 Å². The molecule has 0 atom stereocenters. The SMILES string of the molecule is O=C(CCNc1ccccc1)Nc1ccc2nc3c4[nH]c5ccccc5c4ccn3c(=O)c2c1. The van der Waals surface area contributed by atoms with E-state index in [4.69, 9.17) is 4.98 Å². The number of nitrogens with one attached hydrogen (secondary N) is 3. The van der Waals surface area contributed by atoms with Crippen LogP contribution in [0.3, 0.4) is 0 Å². The number of rotatable bonds is 5. The number of amides is 1. The highest BCUT2D eigenvalue weighted by Crippen LogP contribution is 2.27. The van der Waals surface area contributed by atoms with E-state index >= 15 is 0 Å². The topological polar surface area (TPSA) is 91.3 Å². The van der Waals surface area contributed by atoms with E-state index in [-0.39, 0.29) is 11.5 Å². The van der Waals surface area contributed by atoms with Gasteiger partial charge < -0.3 is 15.6 Å². The van der Waals surface area contributed by atoms with Gasteiger partial charge in [-0.15, -0.1) is 0 Å². The van der Waals surface area contributed by atoms with E-state index in [2.05, 4.69) is 15.6 Å². The molecule has 3 N–H and O–H groups in total. The monoisotopic (exact) mass is 447 g/mol. The highest BCUT2D eigenvalue weighted by Gasteiger charge is 2.13. The Morgan fingerprint density at radius 1 is 0.882 bits per heavy atom. The third-order valence-electron chi connectivity index (χ3n) is 6.00. The molecule has 0 aliphatic carbocycles. The Balaban J connectivity index is 1.30. The van der Waals surface area contributed by atoms with Crippen molar-refractivity contribution in [1.29, 1.82) is 0 Å². The molecule has 0 aliphatic rings. The number of aromatic amines is 1. The summed E-state index contributed by atoms with van der Waals surface area (Å²) in [6, 6.07) is 24.9. The molecular formula is C27H21N5O2. The first-order valence-electron chi connectivity index (χ1n) is 11.1. The molecule has 3 aromatic heterocycles. The molecule has 6 aromatic rings. The number of H-pyrrole nitrogens is 1. The summed E-state index contributed by atoms with van der Waals surface area (Å²) in [5, 5.41) is 8.67. The molecule has 0 radical (unpaired) electrons. The maximum atomic E-state index is 13.3. The van der Waals surface area contributed by atoms with Crippen molar-refractivity contribution < 1.29 is 4.79 Å². The molecule has 0 saturated carbocycles.